The molecule has 2 amide bonds. The van der Waals surface area contributed by atoms with Gasteiger partial charge in [-0.15, -0.1) is 12.4 Å². The molecule has 1 aromatic carbocycles. The van der Waals surface area contributed by atoms with Crippen LogP contribution in [0.15, 0.2) is 28.7 Å². The summed E-state index contributed by atoms with van der Waals surface area (Å²) in [6.45, 7) is 3.38. The van der Waals surface area contributed by atoms with Crippen LogP contribution < -0.4 is 15.5 Å². The first-order valence-corrected chi connectivity index (χ1v) is 9.50. The van der Waals surface area contributed by atoms with Gasteiger partial charge in [-0.2, -0.15) is 0 Å². The van der Waals surface area contributed by atoms with E-state index in [9.17, 15) is 9.59 Å². The number of carbonyl (C=O) groups excluding carboxylic acids is 2. The second-order valence-corrected chi connectivity index (χ2v) is 7.43. The van der Waals surface area contributed by atoms with Crippen molar-refractivity contribution >= 4 is 45.8 Å². The summed E-state index contributed by atoms with van der Waals surface area (Å²) in [5, 5.41) is 6.35. The van der Waals surface area contributed by atoms with Crippen molar-refractivity contribution in [1.29, 1.82) is 0 Å². The summed E-state index contributed by atoms with van der Waals surface area (Å²) >= 11 is 3.48. The van der Waals surface area contributed by atoms with E-state index in [4.69, 9.17) is 0 Å². The van der Waals surface area contributed by atoms with Gasteiger partial charge in [0.05, 0.1) is 5.69 Å². The van der Waals surface area contributed by atoms with Crippen LogP contribution in [0.4, 0.5) is 5.69 Å². The van der Waals surface area contributed by atoms with Gasteiger partial charge in [-0.25, -0.2) is 0 Å². The van der Waals surface area contributed by atoms with Crippen LogP contribution in [0.5, 0.6) is 0 Å². The largest absolute Gasteiger partial charge is 0.355 e. The Morgan fingerprint density at radius 1 is 1.32 bits per heavy atom. The van der Waals surface area contributed by atoms with Crippen molar-refractivity contribution < 1.29 is 9.59 Å². The Morgan fingerprint density at radius 3 is 2.84 bits per heavy atom. The summed E-state index contributed by atoms with van der Waals surface area (Å²) in [6.07, 6.45) is 3.99. The van der Waals surface area contributed by atoms with Gasteiger partial charge < -0.3 is 15.5 Å². The van der Waals surface area contributed by atoms with E-state index in [-0.39, 0.29) is 24.2 Å². The molecule has 0 saturated carbocycles. The molecule has 7 heteroatoms. The van der Waals surface area contributed by atoms with Crippen molar-refractivity contribution in [2.45, 2.75) is 25.7 Å². The standard InChI is InChI=1S/C18H24BrN3O2.ClH/c19-15-5-1-2-6-16(15)22-11-8-14(18(22)24)17(23)21-10-7-13-4-3-9-20-12-13;/h1-2,5-6,13-14,20H,3-4,7-12H2,(H,21,23);1H. The Morgan fingerprint density at radius 2 is 2.12 bits per heavy atom. The fourth-order valence-corrected chi connectivity index (χ4v) is 4.02. The number of nitrogens with zero attached hydrogens (tertiary/aromatic N) is 1. The van der Waals surface area contributed by atoms with E-state index in [2.05, 4.69) is 26.6 Å². The van der Waals surface area contributed by atoms with E-state index in [1.165, 1.54) is 12.8 Å². The number of hydrogen-bond donors (Lipinski definition) is 2. The molecule has 0 spiro atoms. The normalized spacial score (nSPS) is 23.2. The maximum Gasteiger partial charge on any atom is 0.239 e. The van der Waals surface area contributed by atoms with Crippen LogP contribution in [0, 0.1) is 11.8 Å². The third-order valence-corrected chi connectivity index (χ3v) is 5.59. The van der Waals surface area contributed by atoms with Gasteiger partial charge in [0.2, 0.25) is 11.8 Å². The molecule has 0 radical (unpaired) electrons. The molecule has 25 heavy (non-hydrogen) atoms. The Bertz CT molecular complexity index is 608. The van der Waals surface area contributed by atoms with Crippen molar-refractivity contribution in [3.8, 4) is 0 Å². The van der Waals surface area contributed by atoms with E-state index in [0.29, 0.717) is 25.4 Å². The van der Waals surface area contributed by atoms with Gasteiger partial charge >= 0.3 is 0 Å². The van der Waals surface area contributed by atoms with E-state index in [0.717, 1.165) is 29.7 Å². The van der Waals surface area contributed by atoms with Crippen LogP contribution in [0.3, 0.4) is 0 Å². The van der Waals surface area contributed by atoms with Gasteiger partial charge in [0.1, 0.15) is 5.92 Å². The summed E-state index contributed by atoms with van der Waals surface area (Å²) in [6, 6.07) is 7.63. The summed E-state index contributed by atoms with van der Waals surface area (Å²) in [4.78, 5) is 26.7. The molecule has 0 bridgehead atoms. The lowest BCUT2D eigenvalue weighted by atomic mass is 9.96. The molecule has 5 nitrogen and oxygen atoms in total. The number of piperidine rings is 1. The average Bonchev–Trinajstić information content (AvgIpc) is 2.98. The average molecular weight is 431 g/mol. The third-order valence-electron chi connectivity index (χ3n) is 4.92. The lowest BCUT2D eigenvalue weighted by Crippen LogP contribution is -2.38. The van der Waals surface area contributed by atoms with Crippen LogP contribution in [-0.4, -0.2) is 38.0 Å². The van der Waals surface area contributed by atoms with Crippen molar-refractivity contribution in [2.24, 2.45) is 11.8 Å². The number of para-hydroxylation sites is 1. The highest BCUT2D eigenvalue weighted by Crippen LogP contribution is 2.31. The van der Waals surface area contributed by atoms with Crippen molar-refractivity contribution in [3.05, 3.63) is 28.7 Å². The third kappa shape index (κ3) is 4.96. The van der Waals surface area contributed by atoms with Gasteiger partial charge in [0.25, 0.3) is 0 Å². The fourth-order valence-electron chi connectivity index (χ4n) is 3.53. The first kappa shape index (κ1) is 20.2. The van der Waals surface area contributed by atoms with E-state index >= 15 is 0 Å². The Kier molecular flexibility index (Phi) is 7.72. The number of halogens is 2. The van der Waals surface area contributed by atoms with Crippen molar-refractivity contribution in [2.75, 3.05) is 31.1 Å². The van der Waals surface area contributed by atoms with Gasteiger partial charge in [0, 0.05) is 17.6 Å². The van der Waals surface area contributed by atoms with Gasteiger partial charge in [0.15, 0.2) is 0 Å². The molecule has 2 atom stereocenters. The highest BCUT2D eigenvalue weighted by molar-refractivity contribution is 9.10. The first-order valence-electron chi connectivity index (χ1n) is 8.71. The molecule has 0 aliphatic carbocycles. The molecule has 2 saturated heterocycles. The molecule has 1 aromatic rings. The fraction of sp³-hybridized carbons (Fsp3) is 0.556. The molecule has 2 aliphatic heterocycles. The monoisotopic (exact) mass is 429 g/mol. The second kappa shape index (κ2) is 9.55. The van der Waals surface area contributed by atoms with Gasteiger partial charge in [-0.05, 0) is 72.8 Å². The first-order chi connectivity index (χ1) is 11.7. The van der Waals surface area contributed by atoms with Gasteiger partial charge in [-0.1, -0.05) is 12.1 Å². The SMILES string of the molecule is Cl.O=C(NCCC1CCCNC1)C1CCN(c2ccccc2Br)C1=O. The predicted octanol–water partition coefficient (Wildman–Crippen LogP) is 2.73. The van der Waals surface area contributed by atoms with E-state index in [1.54, 1.807) is 4.90 Å². The number of benzene rings is 1. The lowest BCUT2D eigenvalue weighted by molar-refractivity contribution is -0.132. The lowest BCUT2D eigenvalue weighted by Gasteiger charge is -2.23. The van der Waals surface area contributed by atoms with E-state index in [1.807, 2.05) is 24.3 Å². The van der Waals surface area contributed by atoms with Crippen LogP contribution >= 0.6 is 28.3 Å². The zero-order chi connectivity index (χ0) is 16.9. The Hall–Kier alpha value is -1.11. The molecule has 0 aromatic heterocycles. The number of carbonyl (C=O) groups is 2. The zero-order valence-corrected chi connectivity index (χ0v) is 16.6. The van der Waals surface area contributed by atoms with Crippen LogP contribution in [0.2, 0.25) is 0 Å². The number of nitrogens with one attached hydrogen (secondary N) is 2. The topological polar surface area (TPSA) is 61.4 Å². The second-order valence-electron chi connectivity index (χ2n) is 6.57. The molecule has 2 aliphatic rings. The summed E-state index contributed by atoms with van der Waals surface area (Å²) in [7, 11) is 0. The van der Waals surface area contributed by atoms with Crippen molar-refractivity contribution in [1.82, 2.24) is 10.6 Å². The Balaban J connectivity index is 0.00000225. The molecule has 2 heterocycles. The minimum absolute atomic E-state index is 0. The maximum atomic E-state index is 12.6. The molecule has 138 valence electrons. The minimum Gasteiger partial charge on any atom is -0.355 e. The van der Waals surface area contributed by atoms with Crippen LogP contribution in [0.25, 0.3) is 0 Å². The van der Waals surface area contributed by atoms with Crippen LogP contribution in [-0.2, 0) is 9.59 Å². The summed E-state index contributed by atoms with van der Waals surface area (Å²) in [5.74, 6) is -0.145. The van der Waals surface area contributed by atoms with E-state index < -0.39 is 5.92 Å². The number of amides is 2. The highest BCUT2D eigenvalue weighted by Gasteiger charge is 2.38. The number of rotatable bonds is 5. The highest BCUT2D eigenvalue weighted by atomic mass is 79.9. The quantitative estimate of drug-likeness (QED) is 0.706. The zero-order valence-electron chi connectivity index (χ0n) is 14.2. The maximum absolute atomic E-state index is 12.6. The smallest absolute Gasteiger partial charge is 0.239 e. The molecular weight excluding hydrogens is 406 g/mol. The van der Waals surface area contributed by atoms with Crippen molar-refractivity contribution in [3.63, 3.8) is 0 Å². The summed E-state index contributed by atoms with van der Waals surface area (Å²) in [5.41, 5.74) is 0.839. The molecule has 2 unspecified atom stereocenters. The number of anilines is 1. The molecule has 3 rings (SSSR count). The molecular formula is C18H25BrClN3O2. The van der Waals surface area contributed by atoms with Gasteiger partial charge in [-0.3, -0.25) is 9.59 Å². The minimum atomic E-state index is -0.554. The molecule has 2 fully saturated rings. The van der Waals surface area contributed by atoms with Crippen LogP contribution in [0.1, 0.15) is 25.7 Å². The molecule has 2 N–H and O–H groups in total. The summed E-state index contributed by atoms with van der Waals surface area (Å²) < 4.78 is 0.879. The Labute approximate surface area is 163 Å². The predicted molar refractivity (Wildman–Crippen MR) is 105 cm³/mol. The number of hydrogen-bond acceptors (Lipinski definition) is 3.